The van der Waals surface area contributed by atoms with Gasteiger partial charge in [0.2, 0.25) is 0 Å². The van der Waals surface area contributed by atoms with Gasteiger partial charge in [0, 0.05) is 0 Å². The van der Waals surface area contributed by atoms with Gasteiger partial charge in [-0.15, -0.1) is 0 Å². The summed E-state index contributed by atoms with van der Waals surface area (Å²) in [6.07, 6.45) is -4.48. The van der Waals surface area contributed by atoms with E-state index in [1.807, 2.05) is 0 Å². The first-order valence-electron chi connectivity index (χ1n) is 5.31. The van der Waals surface area contributed by atoms with Crippen LogP contribution in [0.4, 0.5) is 13.2 Å². The molecule has 1 aromatic rings. The maximum absolute atomic E-state index is 12.9. The number of alkyl halides is 3. The molecule has 0 bridgehead atoms. The number of carbonyl (C=O) groups is 1. The lowest BCUT2D eigenvalue weighted by atomic mass is 10.1. The van der Waals surface area contributed by atoms with Gasteiger partial charge in [0.05, 0.1) is 7.11 Å². The lowest BCUT2D eigenvalue weighted by Gasteiger charge is -2.24. The number of methoxy groups -OCH3 is 1. The Morgan fingerprint density at radius 1 is 1.28 bits per heavy atom. The third-order valence-electron chi connectivity index (χ3n) is 2.43. The number of ether oxygens (including phenoxy) is 1. The fraction of sp³-hybridized carbons (Fsp3) is 0.417. The Labute approximate surface area is 103 Å². The quantitative estimate of drug-likeness (QED) is 0.846. The Kier molecular flexibility index (Phi) is 4.72. The predicted octanol–water partition coefficient (Wildman–Crippen LogP) is 2.44. The van der Waals surface area contributed by atoms with Crippen molar-refractivity contribution < 1.29 is 22.7 Å². The molecule has 6 heteroatoms. The molecule has 1 rings (SSSR count). The third kappa shape index (κ3) is 3.73. The number of benzene rings is 1. The van der Waals surface area contributed by atoms with Gasteiger partial charge >= 0.3 is 12.1 Å². The molecule has 2 unspecified atom stereocenters. The average molecular weight is 261 g/mol. The lowest BCUT2D eigenvalue weighted by Crippen LogP contribution is -2.43. The van der Waals surface area contributed by atoms with Crippen molar-refractivity contribution in [3.8, 4) is 0 Å². The van der Waals surface area contributed by atoms with Crippen LogP contribution in [0.15, 0.2) is 30.3 Å². The van der Waals surface area contributed by atoms with Crippen molar-refractivity contribution in [2.24, 2.45) is 0 Å². The Morgan fingerprint density at radius 3 is 2.28 bits per heavy atom. The first-order chi connectivity index (χ1) is 8.36. The molecule has 0 saturated carbocycles. The lowest BCUT2D eigenvalue weighted by molar-refractivity contribution is -0.163. The number of rotatable bonds is 4. The van der Waals surface area contributed by atoms with Gasteiger partial charge in [-0.2, -0.15) is 13.2 Å². The molecule has 0 heterocycles. The van der Waals surface area contributed by atoms with Gasteiger partial charge in [0.25, 0.3) is 0 Å². The van der Waals surface area contributed by atoms with Gasteiger partial charge in [0.15, 0.2) is 0 Å². The number of hydrogen-bond donors (Lipinski definition) is 1. The molecule has 0 amide bonds. The van der Waals surface area contributed by atoms with Crippen LogP contribution in [0.5, 0.6) is 0 Å². The molecule has 3 nitrogen and oxygen atoms in total. The van der Waals surface area contributed by atoms with E-state index in [0.717, 1.165) is 7.11 Å². The second-order valence-corrected chi connectivity index (χ2v) is 3.80. The van der Waals surface area contributed by atoms with E-state index in [2.05, 4.69) is 10.1 Å². The van der Waals surface area contributed by atoms with Crippen LogP contribution in [-0.2, 0) is 9.53 Å². The van der Waals surface area contributed by atoms with E-state index < -0.39 is 24.2 Å². The molecular formula is C12H14F3NO2. The minimum atomic E-state index is -4.48. The highest BCUT2D eigenvalue weighted by atomic mass is 19.4. The summed E-state index contributed by atoms with van der Waals surface area (Å²) in [7, 11) is 1.13. The Balaban J connectivity index is 2.91. The number of nitrogens with one attached hydrogen (secondary N) is 1. The van der Waals surface area contributed by atoms with Crippen molar-refractivity contribution in [3.63, 3.8) is 0 Å². The second kappa shape index (κ2) is 5.86. The minimum Gasteiger partial charge on any atom is -0.468 e. The number of esters is 1. The van der Waals surface area contributed by atoms with Crippen molar-refractivity contribution >= 4 is 5.97 Å². The molecule has 0 saturated heterocycles. The summed E-state index contributed by atoms with van der Waals surface area (Å²) in [5.74, 6) is -0.736. The van der Waals surface area contributed by atoms with Crippen LogP contribution >= 0.6 is 0 Å². The van der Waals surface area contributed by atoms with Crippen molar-refractivity contribution in [2.45, 2.75) is 25.2 Å². The van der Waals surface area contributed by atoms with Crippen LogP contribution in [0.1, 0.15) is 18.5 Å². The molecule has 2 atom stereocenters. The van der Waals surface area contributed by atoms with Crippen LogP contribution < -0.4 is 5.32 Å². The molecule has 1 N–H and O–H groups in total. The fourth-order valence-electron chi connectivity index (χ4n) is 1.52. The molecule has 0 fully saturated rings. The Bertz CT molecular complexity index is 392. The predicted molar refractivity (Wildman–Crippen MR) is 59.9 cm³/mol. The van der Waals surface area contributed by atoms with Crippen molar-refractivity contribution in [3.05, 3.63) is 35.9 Å². The highest BCUT2D eigenvalue weighted by Crippen LogP contribution is 2.32. The topological polar surface area (TPSA) is 38.3 Å². The first-order valence-corrected chi connectivity index (χ1v) is 5.31. The normalized spacial score (nSPS) is 14.9. The van der Waals surface area contributed by atoms with E-state index >= 15 is 0 Å². The molecule has 0 aromatic heterocycles. The van der Waals surface area contributed by atoms with E-state index in [1.54, 1.807) is 6.07 Å². The molecular weight excluding hydrogens is 247 g/mol. The highest BCUT2D eigenvalue weighted by Gasteiger charge is 2.42. The minimum absolute atomic E-state index is 0.0563. The smallest absolute Gasteiger partial charge is 0.407 e. The molecule has 0 aliphatic rings. The van der Waals surface area contributed by atoms with E-state index in [0.29, 0.717) is 0 Å². The monoisotopic (exact) mass is 261 g/mol. The van der Waals surface area contributed by atoms with Crippen LogP contribution in [-0.4, -0.2) is 25.3 Å². The van der Waals surface area contributed by atoms with Gasteiger partial charge in [0.1, 0.15) is 12.1 Å². The van der Waals surface area contributed by atoms with E-state index in [9.17, 15) is 18.0 Å². The third-order valence-corrected chi connectivity index (χ3v) is 2.43. The molecule has 0 radical (unpaired) electrons. The molecule has 1 aromatic carbocycles. The molecule has 100 valence electrons. The maximum atomic E-state index is 12.9. The van der Waals surface area contributed by atoms with Crippen molar-refractivity contribution in [1.82, 2.24) is 5.32 Å². The van der Waals surface area contributed by atoms with Gasteiger partial charge in [-0.3, -0.25) is 10.1 Å². The van der Waals surface area contributed by atoms with E-state index in [-0.39, 0.29) is 5.56 Å². The van der Waals surface area contributed by atoms with Gasteiger partial charge in [-0.05, 0) is 12.5 Å². The van der Waals surface area contributed by atoms with Crippen LogP contribution in [0.25, 0.3) is 0 Å². The van der Waals surface area contributed by atoms with Gasteiger partial charge in [-0.1, -0.05) is 30.3 Å². The zero-order valence-corrected chi connectivity index (χ0v) is 9.99. The Morgan fingerprint density at radius 2 is 1.83 bits per heavy atom. The summed E-state index contributed by atoms with van der Waals surface area (Å²) in [4.78, 5) is 11.2. The summed E-state index contributed by atoms with van der Waals surface area (Å²) in [6, 6.07) is 4.43. The number of carbonyl (C=O) groups excluding carboxylic acids is 1. The Hall–Kier alpha value is -1.56. The molecule has 0 aliphatic heterocycles. The summed E-state index contributed by atoms with van der Waals surface area (Å²) in [5, 5.41) is 2.22. The largest absolute Gasteiger partial charge is 0.468 e. The zero-order valence-electron chi connectivity index (χ0n) is 9.99. The fourth-order valence-corrected chi connectivity index (χ4v) is 1.52. The maximum Gasteiger partial charge on any atom is 0.407 e. The zero-order chi connectivity index (χ0) is 13.8. The standard InChI is InChI=1S/C12H14F3NO2/c1-8(11(17)18-2)16-10(12(13,14)15)9-6-4-3-5-7-9/h3-8,10,16H,1-2H3. The second-order valence-electron chi connectivity index (χ2n) is 3.80. The van der Waals surface area contributed by atoms with Crippen LogP contribution in [0, 0.1) is 0 Å². The SMILES string of the molecule is COC(=O)C(C)NC(c1ccccc1)C(F)(F)F. The molecule has 0 aliphatic carbocycles. The summed E-state index contributed by atoms with van der Waals surface area (Å²) in [5.41, 5.74) is 0.0563. The average Bonchev–Trinajstić information content (AvgIpc) is 2.34. The van der Waals surface area contributed by atoms with E-state index in [4.69, 9.17) is 0 Å². The highest BCUT2D eigenvalue weighted by molar-refractivity contribution is 5.75. The van der Waals surface area contributed by atoms with E-state index in [1.165, 1.54) is 31.2 Å². The summed E-state index contributed by atoms with van der Waals surface area (Å²) < 4.78 is 43.1. The number of hydrogen-bond acceptors (Lipinski definition) is 3. The summed E-state index contributed by atoms with van der Waals surface area (Å²) >= 11 is 0. The summed E-state index contributed by atoms with van der Waals surface area (Å²) in [6.45, 7) is 1.33. The van der Waals surface area contributed by atoms with Gasteiger partial charge in [-0.25, -0.2) is 0 Å². The first kappa shape index (κ1) is 14.5. The van der Waals surface area contributed by atoms with Crippen LogP contribution in [0.3, 0.4) is 0 Å². The van der Waals surface area contributed by atoms with Gasteiger partial charge < -0.3 is 4.74 Å². The van der Waals surface area contributed by atoms with Crippen molar-refractivity contribution in [2.75, 3.05) is 7.11 Å². The van der Waals surface area contributed by atoms with Crippen LogP contribution in [0.2, 0.25) is 0 Å². The number of halogens is 3. The molecule has 0 spiro atoms. The van der Waals surface area contributed by atoms with Crippen molar-refractivity contribution in [1.29, 1.82) is 0 Å². The molecule has 18 heavy (non-hydrogen) atoms.